The van der Waals surface area contributed by atoms with Crippen molar-refractivity contribution in [2.75, 3.05) is 5.73 Å². The SMILES string of the molecule is Nc1c(Br)c(C2CCC(C(=O)O)CC2)nc2c(-c3ccc(-c4ccc(O)cc4)nc3)cnn12. The van der Waals surface area contributed by atoms with Gasteiger partial charge in [-0.25, -0.2) is 4.98 Å². The summed E-state index contributed by atoms with van der Waals surface area (Å²) in [6, 6.07) is 10.8. The van der Waals surface area contributed by atoms with Gasteiger partial charge in [-0.3, -0.25) is 9.78 Å². The molecule has 1 aliphatic rings. The maximum absolute atomic E-state index is 11.3. The van der Waals surface area contributed by atoms with E-state index in [-0.39, 0.29) is 17.6 Å². The minimum atomic E-state index is -0.725. The van der Waals surface area contributed by atoms with Gasteiger partial charge in [-0.2, -0.15) is 9.61 Å². The summed E-state index contributed by atoms with van der Waals surface area (Å²) in [5.74, 6) is -0.194. The van der Waals surface area contributed by atoms with Crippen molar-refractivity contribution >= 4 is 33.4 Å². The van der Waals surface area contributed by atoms with Gasteiger partial charge in [-0.05, 0) is 71.9 Å². The fraction of sp³-hybridized carbons (Fsp3) is 0.250. The molecule has 1 saturated carbocycles. The number of nitrogen functional groups attached to an aromatic ring is 1. The van der Waals surface area contributed by atoms with E-state index in [1.54, 1.807) is 29.0 Å². The van der Waals surface area contributed by atoms with Crippen molar-refractivity contribution in [3.05, 3.63) is 59.0 Å². The number of phenolic OH excluding ortho intramolecular Hbond substituents is 1. The molecule has 1 aliphatic carbocycles. The molecule has 0 atom stereocenters. The van der Waals surface area contributed by atoms with Crippen LogP contribution < -0.4 is 5.73 Å². The Kier molecular flexibility index (Phi) is 5.49. The van der Waals surface area contributed by atoms with Crippen LogP contribution in [0.25, 0.3) is 28.0 Å². The predicted molar refractivity (Wildman–Crippen MR) is 128 cm³/mol. The van der Waals surface area contributed by atoms with Crippen LogP contribution in [0.5, 0.6) is 5.75 Å². The second-order valence-corrected chi connectivity index (χ2v) is 9.15. The Labute approximate surface area is 198 Å². The number of nitrogens with zero attached hydrogens (tertiary/aromatic N) is 4. The lowest BCUT2D eigenvalue weighted by atomic mass is 9.80. The summed E-state index contributed by atoms with van der Waals surface area (Å²) in [7, 11) is 0. The Hall–Kier alpha value is -3.46. The number of pyridine rings is 1. The second-order valence-electron chi connectivity index (χ2n) is 8.36. The highest BCUT2D eigenvalue weighted by Crippen LogP contribution is 2.40. The van der Waals surface area contributed by atoms with Crippen molar-refractivity contribution in [1.29, 1.82) is 0 Å². The number of aromatic hydroxyl groups is 1. The van der Waals surface area contributed by atoms with Gasteiger partial charge >= 0.3 is 5.97 Å². The third-order valence-corrected chi connectivity index (χ3v) is 7.16. The number of carboxylic acids is 1. The van der Waals surface area contributed by atoms with Gasteiger partial charge < -0.3 is 15.9 Å². The maximum Gasteiger partial charge on any atom is 0.306 e. The highest BCUT2D eigenvalue weighted by atomic mass is 79.9. The van der Waals surface area contributed by atoms with E-state index in [1.165, 1.54) is 0 Å². The summed E-state index contributed by atoms with van der Waals surface area (Å²) in [4.78, 5) is 20.8. The Morgan fingerprint density at radius 3 is 2.36 bits per heavy atom. The number of nitrogens with two attached hydrogens (primary N) is 1. The van der Waals surface area contributed by atoms with Gasteiger partial charge in [0.2, 0.25) is 0 Å². The molecule has 0 saturated heterocycles. The van der Waals surface area contributed by atoms with Crippen LogP contribution in [0.15, 0.2) is 53.3 Å². The number of carboxylic acid groups (broad SMARTS) is 1. The minimum Gasteiger partial charge on any atom is -0.508 e. The molecule has 33 heavy (non-hydrogen) atoms. The molecule has 4 N–H and O–H groups in total. The van der Waals surface area contributed by atoms with Crippen molar-refractivity contribution in [3.8, 4) is 28.1 Å². The first-order valence-electron chi connectivity index (χ1n) is 10.7. The van der Waals surface area contributed by atoms with Crippen LogP contribution >= 0.6 is 15.9 Å². The molecule has 8 nitrogen and oxygen atoms in total. The van der Waals surface area contributed by atoms with E-state index < -0.39 is 5.97 Å². The molecule has 168 valence electrons. The molecule has 1 aromatic carbocycles. The van der Waals surface area contributed by atoms with Crippen LogP contribution in [-0.4, -0.2) is 35.8 Å². The summed E-state index contributed by atoms with van der Waals surface area (Å²) in [6.07, 6.45) is 6.28. The number of anilines is 1. The Morgan fingerprint density at radius 1 is 1.03 bits per heavy atom. The highest BCUT2D eigenvalue weighted by molar-refractivity contribution is 9.10. The van der Waals surface area contributed by atoms with Crippen molar-refractivity contribution < 1.29 is 15.0 Å². The molecule has 5 rings (SSSR count). The lowest BCUT2D eigenvalue weighted by molar-refractivity contribution is -0.142. The third kappa shape index (κ3) is 3.93. The number of carbonyl (C=O) groups is 1. The average Bonchev–Trinajstić information content (AvgIpc) is 3.26. The van der Waals surface area contributed by atoms with Gasteiger partial charge in [0, 0.05) is 28.8 Å². The number of hydrogen-bond acceptors (Lipinski definition) is 6. The molecule has 0 unspecified atom stereocenters. The van der Waals surface area contributed by atoms with E-state index in [2.05, 4.69) is 26.0 Å². The van der Waals surface area contributed by atoms with E-state index in [1.807, 2.05) is 24.3 Å². The second kappa shape index (κ2) is 8.47. The van der Waals surface area contributed by atoms with Gasteiger partial charge in [0.15, 0.2) is 5.65 Å². The Morgan fingerprint density at radius 2 is 1.73 bits per heavy atom. The number of rotatable bonds is 4. The van der Waals surface area contributed by atoms with Crippen molar-refractivity contribution in [1.82, 2.24) is 19.6 Å². The van der Waals surface area contributed by atoms with E-state index in [9.17, 15) is 15.0 Å². The summed E-state index contributed by atoms with van der Waals surface area (Å²) < 4.78 is 2.32. The first kappa shape index (κ1) is 21.4. The summed E-state index contributed by atoms with van der Waals surface area (Å²) in [5, 5.41) is 23.2. The zero-order chi connectivity index (χ0) is 23.1. The first-order valence-corrected chi connectivity index (χ1v) is 11.5. The fourth-order valence-corrected chi connectivity index (χ4v) is 5.04. The number of phenols is 1. The minimum absolute atomic E-state index is 0.139. The van der Waals surface area contributed by atoms with Crippen molar-refractivity contribution in [2.24, 2.45) is 5.92 Å². The van der Waals surface area contributed by atoms with E-state index >= 15 is 0 Å². The van der Waals surface area contributed by atoms with E-state index in [4.69, 9.17) is 10.7 Å². The molecule has 0 bridgehead atoms. The number of benzene rings is 1. The quantitative estimate of drug-likeness (QED) is 0.359. The molecule has 0 amide bonds. The zero-order valence-corrected chi connectivity index (χ0v) is 19.2. The van der Waals surface area contributed by atoms with Gasteiger partial charge in [-0.1, -0.05) is 6.07 Å². The number of aliphatic carboxylic acids is 1. The van der Waals surface area contributed by atoms with E-state index in [0.717, 1.165) is 40.9 Å². The molecular weight excluding hydrogens is 486 g/mol. The molecule has 3 aromatic heterocycles. The summed E-state index contributed by atoms with van der Waals surface area (Å²) in [6.45, 7) is 0. The molecule has 0 spiro atoms. The van der Waals surface area contributed by atoms with Crippen molar-refractivity contribution in [3.63, 3.8) is 0 Å². The standard InChI is InChI=1S/C24H22BrN5O3/c25-20-21(14-1-3-15(4-2-14)24(32)33)29-23-18(12-28-30(23)22(20)26)16-7-10-19(27-11-16)13-5-8-17(31)9-6-13/h5-12,14-15,31H,1-4,26H2,(H,32,33). The van der Waals surface area contributed by atoms with Gasteiger partial charge in [-0.15, -0.1) is 0 Å². The van der Waals surface area contributed by atoms with E-state index in [0.29, 0.717) is 28.8 Å². The number of halogens is 1. The highest BCUT2D eigenvalue weighted by Gasteiger charge is 2.30. The molecular formula is C24H22BrN5O3. The lowest BCUT2D eigenvalue weighted by Gasteiger charge is -2.26. The topological polar surface area (TPSA) is 127 Å². The van der Waals surface area contributed by atoms with Gasteiger partial charge in [0.1, 0.15) is 11.6 Å². The van der Waals surface area contributed by atoms with Crippen LogP contribution in [0.4, 0.5) is 5.82 Å². The summed E-state index contributed by atoms with van der Waals surface area (Å²) in [5.41, 5.74) is 11.3. The molecule has 4 aromatic rings. The molecule has 3 heterocycles. The van der Waals surface area contributed by atoms with Gasteiger partial charge in [0.25, 0.3) is 0 Å². The lowest BCUT2D eigenvalue weighted by Crippen LogP contribution is -2.21. The van der Waals surface area contributed by atoms with Crippen LogP contribution in [0.3, 0.4) is 0 Å². The van der Waals surface area contributed by atoms with Crippen molar-refractivity contribution in [2.45, 2.75) is 31.6 Å². The van der Waals surface area contributed by atoms with Crippen LogP contribution in [0.2, 0.25) is 0 Å². The first-order chi connectivity index (χ1) is 15.9. The number of aromatic nitrogens is 4. The van der Waals surface area contributed by atoms with Gasteiger partial charge in [0.05, 0.1) is 28.0 Å². The fourth-order valence-electron chi connectivity index (χ4n) is 4.46. The molecule has 0 aliphatic heterocycles. The smallest absolute Gasteiger partial charge is 0.306 e. The monoisotopic (exact) mass is 507 g/mol. The molecule has 9 heteroatoms. The Bertz CT molecular complexity index is 1330. The van der Waals surface area contributed by atoms with Crippen LogP contribution in [0, 0.1) is 5.92 Å². The number of hydrogen-bond donors (Lipinski definition) is 3. The largest absolute Gasteiger partial charge is 0.508 e. The molecule has 0 radical (unpaired) electrons. The van der Waals surface area contributed by atoms with Crippen LogP contribution in [-0.2, 0) is 4.79 Å². The normalized spacial score (nSPS) is 18.5. The zero-order valence-electron chi connectivity index (χ0n) is 17.6. The Balaban J connectivity index is 1.49. The maximum atomic E-state index is 11.3. The third-order valence-electron chi connectivity index (χ3n) is 6.35. The summed E-state index contributed by atoms with van der Waals surface area (Å²) >= 11 is 3.59. The number of fused-ring (bicyclic) bond motifs is 1. The molecule has 1 fully saturated rings. The van der Waals surface area contributed by atoms with Crippen LogP contribution in [0.1, 0.15) is 37.3 Å². The average molecular weight is 508 g/mol. The predicted octanol–water partition coefficient (Wildman–Crippen LogP) is 4.87.